The fourth-order valence-corrected chi connectivity index (χ4v) is 3.30. The highest BCUT2D eigenvalue weighted by Gasteiger charge is 2.37. The first-order valence-corrected chi connectivity index (χ1v) is 8.41. The molecular formula is C17H32O5. The molecule has 2 atom stereocenters. The maximum Gasteiger partial charge on any atom is 0.329 e. The summed E-state index contributed by atoms with van der Waals surface area (Å²) in [7, 11) is 0. The topological polar surface area (TPSA) is 65.0 Å². The summed E-state index contributed by atoms with van der Waals surface area (Å²) in [6, 6.07) is 0. The average Bonchev–Trinajstić information content (AvgIpc) is 2.45. The van der Waals surface area contributed by atoms with Gasteiger partial charge in [0.25, 0.3) is 0 Å². The van der Waals surface area contributed by atoms with Crippen molar-refractivity contribution >= 4 is 5.97 Å². The number of hydrogen-bond donors (Lipinski definition) is 1. The lowest BCUT2D eigenvalue weighted by molar-refractivity contribution is -0.142. The van der Waals surface area contributed by atoms with E-state index in [1.807, 2.05) is 0 Å². The molecule has 1 aliphatic rings. The first kappa shape index (κ1) is 19.4. The number of carboxylic acid groups (broad SMARTS) is 1. The molecule has 1 N–H and O–H groups in total. The fourth-order valence-electron chi connectivity index (χ4n) is 3.30. The van der Waals surface area contributed by atoms with Crippen molar-refractivity contribution in [3.63, 3.8) is 0 Å². The van der Waals surface area contributed by atoms with Crippen LogP contribution in [-0.2, 0) is 19.0 Å². The third-order valence-electron chi connectivity index (χ3n) is 4.71. The number of aliphatic carboxylic acids is 1. The molecule has 0 radical (unpaired) electrons. The molecule has 0 heterocycles. The molecule has 5 heteroatoms. The summed E-state index contributed by atoms with van der Waals surface area (Å²) in [4.78, 5) is 10.2. The van der Waals surface area contributed by atoms with Gasteiger partial charge in [-0.2, -0.15) is 0 Å². The second kappa shape index (κ2) is 10.2. The summed E-state index contributed by atoms with van der Waals surface area (Å²) in [5.41, 5.74) is 0.322. The van der Waals surface area contributed by atoms with E-state index in [1.54, 1.807) is 0 Å². The van der Waals surface area contributed by atoms with Gasteiger partial charge in [0.15, 0.2) is 0 Å². The minimum atomic E-state index is -0.955. The van der Waals surface area contributed by atoms with Gasteiger partial charge in [0, 0.05) is 0 Å². The molecule has 2 unspecified atom stereocenters. The van der Waals surface area contributed by atoms with Crippen LogP contribution in [-0.4, -0.2) is 50.7 Å². The quantitative estimate of drug-likeness (QED) is 0.594. The predicted molar refractivity (Wildman–Crippen MR) is 85.0 cm³/mol. The number of rotatable bonds is 11. The molecule has 0 aromatic carbocycles. The zero-order valence-electron chi connectivity index (χ0n) is 14.3. The predicted octanol–water partition coefficient (Wildman–Crippen LogP) is 2.97. The average molecular weight is 316 g/mol. The molecule has 1 aliphatic carbocycles. The van der Waals surface area contributed by atoms with E-state index in [4.69, 9.17) is 19.3 Å². The van der Waals surface area contributed by atoms with Crippen molar-refractivity contribution in [1.29, 1.82) is 0 Å². The van der Waals surface area contributed by atoms with Crippen LogP contribution >= 0.6 is 0 Å². The van der Waals surface area contributed by atoms with E-state index < -0.39 is 5.97 Å². The molecule has 0 amide bonds. The lowest BCUT2D eigenvalue weighted by Crippen LogP contribution is -2.37. The van der Waals surface area contributed by atoms with Crippen molar-refractivity contribution < 1.29 is 24.1 Å². The molecule has 0 spiro atoms. The second-order valence-corrected chi connectivity index (χ2v) is 6.83. The monoisotopic (exact) mass is 316 g/mol. The highest BCUT2D eigenvalue weighted by atomic mass is 16.5. The van der Waals surface area contributed by atoms with Crippen LogP contribution < -0.4 is 0 Å². The third-order valence-corrected chi connectivity index (χ3v) is 4.71. The molecule has 1 fully saturated rings. The van der Waals surface area contributed by atoms with Crippen molar-refractivity contribution in [2.24, 2.45) is 17.3 Å². The van der Waals surface area contributed by atoms with Gasteiger partial charge in [0.05, 0.1) is 33.0 Å². The Morgan fingerprint density at radius 3 is 2.41 bits per heavy atom. The van der Waals surface area contributed by atoms with Gasteiger partial charge in [-0.05, 0) is 30.1 Å². The van der Waals surface area contributed by atoms with Gasteiger partial charge in [0.2, 0.25) is 0 Å². The van der Waals surface area contributed by atoms with Crippen LogP contribution in [0.2, 0.25) is 0 Å². The van der Waals surface area contributed by atoms with Crippen LogP contribution in [0.3, 0.4) is 0 Å². The van der Waals surface area contributed by atoms with E-state index in [2.05, 4.69) is 20.8 Å². The van der Waals surface area contributed by atoms with Crippen LogP contribution in [0.5, 0.6) is 0 Å². The van der Waals surface area contributed by atoms with Crippen molar-refractivity contribution in [2.75, 3.05) is 39.6 Å². The summed E-state index contributed by atoms with van der Waals surface area (Å²) in [5, 5.41) is 8.41. The summed E-state index contributed by atoms with van der Waals surface area (Å²) < 4.78 is 16.1. The van der Waals surface area contributed by atoms with Gasteiger partial charge in [0.1, 0.15) is 6.61 Å². The SMILES string of the molecule is CC1CCCC(COCCOCCOCC(=O)O)(C(C)C)C1. The molecule has 130 valence electrons. The zero-order valence-corrected chi connectivity index (χ0v) is 14.3. The zero-order chi connectivity index (χ0) is 16.4. The Labute approximate surface area is 134 Å². The summed E-state index contributed by atoms with van der Waals surface area (Å²) in [6.45, 7) is 9.32. The molecule has 0 aromatic heterocycles. The number of carboxylic acids is 1. The highest BCUT2D eigenvalue weighted by molar-refractivity contribution is 5.67. The summed E-state index contributed by atoms with van der Waals surface area (Å²) in [5.74, 6) is 0.479. The Morgan fingerprint density at radius 1 is 1.18 bits per heavy atom. The minimum Gasteiger partial charge on any atom is -0.480 e. The molecule has 0 aromatic rings. The van der Waals surface area contributed by atoms with E-state index in [9.17, 15) is 4.79 Å². The second-order valence-electron chi connectivity index (χ2n) is 6.83. The maximum absolute atomic E-state index is 10.2. The highest BCUT2D eigenvalue weighted by Crippen LogP contribution is 2.44. The third kappa shape index (κ3) is 7.07. The van der Waals surface area contributed by atoms with Gasteiger partial charge in [-0.1, -0.05) is 33.6 Å². The van der Waals surface area contributed by atoms with E-state index in [0.717, 1.165) is 12.5 Å². The fraction of sp³-hybridized carbons (Fsp3) is 0.941. The van der Waals surface area contributed by atoms with Crippen LogP contribution in [0.15, 0.2) is 0 Å². The summed E-state index contributed by atoms with van der Waals surface area (Å²) in [6.07, 6.45) is 5.17. The van der Waals surface area contributed by atoms with E-state index in [0.29, 0.717) is 37.8 Å². The van der Waals surface area contributed by atoms with E-state index in [1.165, 1.54) is 25.7 Å². The first-order chi connectivity index (χ1) is 10.5. The van der Waals surface area contributed by atoms with Crippen LogP contribution in [0.25, 0.3) is 0 Å². The first-order valence-electron chi connectivity index (χ1n) is 8.41. The van der Waals surface area contributed by atoms with Crippen LogP contribution in [0, 0.1) is 17.3 Å². The molecule has 1 rings (SSSR count). The Hall–Kier alpha value is -0.650. The van der Waals surface area contributed by atoms with Gasteiger partial charge in [-0.3, -0.25) is 0 Å². The number of ether oxygens (including phenoxy) is 3. The largest absolute Gasteiger partial charge is 0.480 e. The van der Waals surface area contributed by atoms with Gasteiger partial charge in [-0.15, -0.1) is 0 Å². The Bertz CT molecular complexity index is 318. The lowest BCUT2D eigenvalue weighted by Gasteiger charge is -2.43. The minimum absolute atomic E-state index is 0.269. The summed E-state index contributed by atoms with van der Waals surface area (Å²) >= 11 is 0. The van der Waals surface area contributed by atoms with Crippen LogP contribution in [0.4, 0.5) is 0 Å². The van der Waals surface area contributed by atoms with Gasteiger partial charge < -0.3 is 19.3 Å². The van der Waals surface area contributed by atoms with Crippen molar-refractivity contribution in [3.05, 3.63) is 0 Å². The standard InChI is InChI=1S/C17H32O5/c1-14(2)17(6-4-5-15(3)11-17)13-22-10-8-20-7-9-21-12-16(18)19/h14-15H,4-13H2,1-3H3,(H,18,19). The van der Waals surface area contributed by atoms with Gasteiger partial charge in [-0.25, -0.2) is 4.79 Å². The lowest BCUT2D eigenvalue weighted by atomic mass is 9.64. The smallest absolute Gasteiger partial charge is 0.329 e. The van der Waals surface area contributed by atoms with E-state index in [-0.39, 0.29) is 6.61 Å². The molecule has 0 aliphatic heterocycles. The Balaban J connectivity index is 2.10. The molecule has 1 saturated carbocycles. The molecular weight excluding hydrogens is 284 g/mol. The maximum atomic E-state index is 10.2. The number of hydrogen-bond acceptors (Lipinski definition) is 4. The van der Waals surface area contributed by atoms with E-state index >= 15 is 0 Å². The van der Waals surface area contributed by atoms with Crippen molar-refractivity contribution in [3.8, 4) is 0 Å². The number of carbonyl (C=O) groups is 1. The molecule has 22 heavy (non-hydrogen) atoms. The molecule has 5 nitrogen and oxygen atoms in total. The molecule has 0 saturated heterocycles. The van der Waals surface area contributed by atoms with Crippen molar-refractivity contribution in [2.45, 2.75) is 46.5 Å². The van der Waals surface area contributed by atoms with Crippen LogP contribution in [0.1, 0.15) is 46.5 Å². The molecule has 0 bridgehead atoms. The normalized spacial score (nSPS) is 25.5. The Kier molecular flexibility index (Phi) is 8.98. The van der Waals surface area contributed by atoms with Gasteiger partial charge >= 0.3 is 5.97 Å². The Morgan fingerprint density at radius 2 is 1.82 bits per heavy atom. The van der Waals surface area contributed by atoms with Crippen molar-refractivity contribution in [1.82, 2.24) is 0 Å².